The predicted molar refractivity (Wildman–Crippen MR) is 112 cm³/mol. The second kappa shape index (κ2) is 8.44. The van der Waals surface area contributed by atoms with Gasteiger partial charge in [0.2, 0.25) is 11.7 Å². The highest BCUT2D eigenvalue weighted by molar-refractivity contribution is 5.90. The average molecular weight is 408 g/mol. The zero-order chi connectivity index (χ0) is 21.1. The number of aromatic nitrogens is 2. The van der Waals surface area contributed by atoms with Gasteiger partial charge in [-0.1, -0.05) is 17.3 Å². The molecule has 2 aromatic carbocycles. The summed E-state index contributed by atoms with van der Waals surface area (Å²) in [5.41, 5.74) is 2.47. The topological polar surface area (TPSA) is 89.7 Å². The van der Waals surface area contributed by atoms with Gasteiger partial charge in [0.05, 0.1) is 14.2 Å². The molecule has 1 unspecified atom stereocenters. The molecule has 1 aliphatic rings. The summed E-state index contributed by atoms with van der Waals surface area (Å²) in [4.78, 5) is 19.2. The molecule has 2 amide bonds. The van der Waals surface area contributed by atoms with E-state index < -0.39 is 0 Å². The molecule has 8 nitrogen and oxygen atoms in total. The number of anilines is 1. The minimum absolute atomic E-state index is 0.188. The molecule has 0 spiro atoms. The Labute approximate surface area is 174 Å². The van der Waals surface area contributed by atoms with Crippen molar-refractivity contribution in [3.05, 3.63) is 53.9 Å². The highest BCUT2D eigenvalue weighted by atomic mass is 16.5. The number of carbonyl (C=O) groups excluding carboxylic acids is 1. The van der Waals surface area contributed by atoms with Gasteiger partial charge in [0, 0.05) is 17.8 Å². The fourth-order valence-corrected chi connectivity index (χ4v) is 3.61. The number of urea groups is 1. The monoisotopic (exact) mass is 408 g/mol. The standard InChI is InChI=1S/C22H24N4O4/c1-14-12-17(29-3)9-10-18(14)23-22(27)26-11-5-8-19(26)21-24-20(25-30-21)15-6-4-7-16(13-15)28-2/h4,6-7,9-10,12-13,19H,5,8,11H2,1-3H3,(H,23,27). The molecule has 3 aromatic rings. The van der Waals surface area contributed by atoms with Gasteiger partial charge in [-0.05, 0) is 55.7 Å². The van der Waals surface area contributed by atoms with E-state index in [4.69, 9.17) is 14.0 Å². The number of rotatable bonds is 5. The molecule has 1 atom stereocenters. The normalized spacial score (nSPS) is 15.8. The largest absolute Gasteiger partial charge is 0.497 e. The van der Waals surface area contributed by atoms with Crippen LogP contribution >= 0.6 is 0 Å². The Morgan fingerprint density at radius 2 is 1.97 bits per heavy atom. The fourth-order valence-electron chi connectivity index (χ4n) is 3.61. The lowest BCUT2D eigenvalue weighted by Crippen LogP contribution is -2.34. The second-order valence-electron chi connectivity index (χ2n) is 7.15. The molecule has 0 bridgehead atoms. The number of amides is 2. The molecular formula is C22H24N4O4. The molecule has 0 saturated carbocycles. The number of nitrogens with zero attached hydrogens (tertiary/aromatic N) is 3. The molecule has 1 aromatic heterocycles. The molecule has 1 saturated heterocycles. The number of hydrogen-bond donors (Lipinski definition) is 1. The van der Waals surface area contributed by atoms with E-state index in [9.17, 15) is 4.79 Å². The van der Waals surface area contributed by atoms with Crippen LogP contribution in [0.5, 0.6) is 11.5 Å². The van der Waals surface area contributed by atoms with Gasteiger partial charge in [0.1, 0.15) is 17.5 Å². The first-order chi connectivity index (χ1) is 14.6. The lowest BCUT2D eigenvalue weighted by molar-refractivity contribution is 0.193. The van der Waals surface area contributed by atoms with Crippen molar-refractivity contribution in [2.75, 3.05) is 26.1 Å². The van der Waals surface area contributed by atoms with Crippen molar-refractivity contribution >= 4 is 11.7 Å². The van der Waals surface area contributed by atoms with E-state index in [0.29, 0.717) is 18.3 Å². The van der Waals surface area contributed by atoms with Crippen molar-refractivity contribution < 1.29 is 18.8 Å². The van der Waals surface area contributed by atoms with Crippen LogP contribution in [0.2, 0.25) is 0 Å². The summed E-state index contributed by atoms with van der Waals surface area (Å²) in [5.74, 6) is 2.38. The van der Waals surface area contributed by atoms with Crippen LogP contribution in [0.3, 0.4) is 0 Å². The van der Waals surface area contributed by atoms with Crippen molar-refractivity contribution in [1.82, 2.24) is 15.0 Å². The molecule has 156 valence electrons. The van der Waals surface area contributed by atoms with Gasteiger partial charge in [0.25, 0.3) is 0 Å². The summed E-state index contributed by atoms with van der Waals surface area (Å²) >= 11 is 0. The number of nitrogens with one attached hydrogen (secondary N) is 1. The molecule has 1 aliphatic heterocycles. The van der Waals surface area contributed by atoms with Gasteiger partial charge in [-0.25, -0.2) is 4.79 Å². The van der Waals surface area contributed by atoms with Crippen molar-refractivity contribution in [2.45, 2.75) is 25.8 Å². The average Bonchev–Trinajstić information content (AvgIpc) is 3.44. The van der Waals surface area contributed by atoms with E-state index in [2.05, 4.69) is 15.5 Å². The minimum Gasteiger partial charge on any atom is -0.497 e. The summed E-state index contributed by atoms with van der Waals surface area (Å²) in [6, 6.07) is 12.6. The summed E-state index contributed by atoms with van der Waals surface area (Å²) in [5, 5.41) is 7.09. The summed E-state index contributed by atoms with van der Waals surface area (Å²) in [6.07, 6.45) is 1.64. The third-order valence-corrected chi connectivity index (χ3v) is 5.24. The quantitative estimate of drug-likeness (QED) is 0.672. The SMILES string of the molecule is COc1cccc(-c2noc(C3CCCN3C(=O)Nc3ccc(OC)cc3C)n2)c1. The van der Waals surface area contributed by atoms with Crippen molar-refractivity contribution in [2.24, 2.45) is 0 Å². The first-order valence-corrected chi connectivity index (χ1v) is 9.79. The summed E-state index contributed by atoms with van der Waals surface area (Å²) in [6.45, 7) is 2.56. The number of hydrogen-bond acceptors (Lipinski definition) is 6. The van der Waals surface area contributed by atoms with Crippen LogP contribution in [-0.4, -0.2) is 41.8 Å². The zero-order valence-electron chi connectivity index (χ0n) is 17.2. The molecule has 1 fully saturated rings. The first kappa shape index (κ1) is 19.8. The predicted octanol–water partition coefficient (Wildman–Crippen LogP) is 4.43. The summed E-state index contributed by atoms with van der Waals surface area (Å²) < 4.78 is 16.0. The van der Waals surface area contributed by atoms with Crippen LogP contribution in [-0.2, 0) is 0 Å². The Bertz CT molecular complexity index is 1050. The van der Waals surface area contributed by atoms with E-state index in [0.717, 1.165) is 41.2 Å². The molecule has 30 heavy (non-hydrogen) atoms. The molecule has 0 aliphatic carbocycles. The fraction of sp³-hybridized carbons (Fsp3) is 0.318. The molecule has 1 N–H and O–H groups in total. The van der Waals surface area contributed by atoms with Gasteiger partial charge in [-0.3, -0.25) is 0 Å². The third-order valence-electron chi connectivity index (χ3n) is 5.24. The van der Waals surface area contributed by atoms with Crippen molar-refractivity contribution in [3.63, 3.8) is 0 Å². The highest BCUT2D eigenvalue weighted by Gasteiger charge is 2.34. The molecule has 4 rings (SSSR count). The van der Waals surface area contributed by atoms with E-state index in [1.807, 2.05) is 49.4 Å². The minimum atomic E-state index is -0.254. The maximum Gasteiger partial charge on any atom is 0.322 e. The maximum atomic E-state index is 12.9. The van der Waals surface area contributed by atoms with Crippen LogP contribution in [0.15, 0.2) is 47.0 Å². The third kappa shape index (κ3) is 3.94. The Kier molecular flexibility index (Phi) is 5.56. The van der Waals surface area contributed by atoms with Gasteiger partial charge in [0.15, 0.2) is 0 Å². The van der Waals surface area contributed by atoms with Crippen LogP contribution < -0.4 is 14.8 Å². The number of carbonyl (C=O) groups is 1. The smallest absolute Gasteiger partial charge is 0.322 e. The van der Waals surface area contributed by atoms with Crippen molar-refractivity contribution in [1.29, 1.82) is 0 Å². The van der Waals surface area contributed by atoms with Gasteiger partial charge >= 0.3 is 6.03 Å². The van der Waals surface area contributed by atoms with Gasteiger partial charge in [-0.15, -0.1) is 0 Å². The molecular weight excluding hydrogens is 384 g/mol. The van der Waals surface area contributed by atoms with Crippen LogP contribution in [0, 0.1) is 6.92 Å². The van der Waals surface area contributed by atoms with Crippen molar-refractivity contribution in [3.8, 4) is 22.9 Å². The van der Waals surface area contributed by atoms with Gasteiger partial charge < -0.3 is 24.2 Å². The Hall–Kier alpha value is -3.55. The van der Waals surface area contributed by atoms with Gasteiger partial charge in [-0.2, -0.15) is 4.98 Å². The lowest BCUT2D eigenvalue weighted by atomic mass is 10.2. The maximum absolute atomic E-state index is 12.9. The zero-order valence-corrected chi connectivity index (χ0v) is 17.2. The Morgan fingerprint density at radius 3 is 2.73 bits per heavy atom. The number of benzene rings is 2. The van der Waals surface area contributed by atoms with E-state index in [1.165, 1.54) is 0 Å². The van der Waals surface area contributed by atoms with E-state index >= 15 is 0 Å². The number of aryl methyl sites for hydroxylation is 1. The Balaban J connectivity index is 1.51. The van der Waals surface area contributed by atoms with E-state index in [1.54, 1.807) is 19.1 Å². The Morgan fingerprint density at radius 1 is 1.17 bits per heavy atom. The van der Waals surface area contributed by atoms with Crippen LogP contribution in [0.1, 0.15) is 30.3 Å². The lowest BCUT2D eigenvalue weighted by Gasteiger charge is -2.23. The number of ether oxygens (including phenoxy) is 2. The van der Waals surface area contributed by atoms with E-state index in [-0.39, 0.29) is 12.1 Å². The number of methoxy groups -OCH3 is 2. The number of likely N-dealkylation sites (tertiary alicyclic amines) is 1. The highest BCUT2D eigenvalue weighted by Crippen LogP contribution is 2.33. The van der Waals surface area contributed by atoms with Crippen LogP contribution in [0.4, 0.5) is 10.5 Å². The molecule has 8 heteroatoms. The second-order valence-corrected chi connectivity index (χ2v) is 7.15. The van der Waals surface area contributed by atoms with Crippen LogP contribution in [0.25, 0.3) is 11.4 Å². The summed E-state index contributed by atoms with van der Waals surface area (Å²) in [7, 11) is 3.23. The molecule has 0 radical (unpaired) electrons. The molecule has 2 heterocycles. The first-order valence-electron chi connectivity index (χ1n) is 9.79.